The quantitative estimate of drug-likeness (QED) is 0.483. The molecule has 2 unspecified atom stereocenters. The molecule has 3 fully saturated rings. The van der Waals surface area contributed by atoms with Gasteiger partial charge in [-0.15, -0.1) is 0 Å². The highest BCUT2D eigenvalue weighted by molar-refractivity contribution is 5.39. The fourth-order valence-corrected chi connectivity index (χ4v) is 8.76. The average molecular weight is 412 g/mol. The Morgan fingerprint density at radius 2 is 1.87 bits per heavy atom. The third kappa shape index (κ3) is 3.21. The second-order valence-corrected chi connectivity index (χ2v) is 12.5. The van der Waals surface area contributed by atoms with Crippen molar-refractivity contribution in [3.8, 4) is 6.07 Å². The van der Waals surface area contributed by atoms with Crippen LogP contribution >= 0.6 is 0 Å². The second-order valence-electron chi connectivity index (χ2n) is 12.5. The smallest absolute Gasteiger partial charge is 0.0841 e. The number of allylic oxidation sites excluding steroid dienone is 2. The minimum Gasteiger partial charge on any atom is -0.393 e. The topological polar surface area (TPSA) is 44.0 Å². The first kappa shape index (κ1) is 22.4. The van der Waals surface area contributed by atoms with Crippen LogP contribution in [0.25, 0.3) is 0 Å². The lowest BCUT2D eigenvalue weighted by Crippen LogP contribution is -2.56. The third-order valence-electron chi connectivity index (χ3n) is 10.7. The maximum Gasteiger partial charge on any atom is 0.0841 e. The summed E-state index contributed by atoms with van der Waals surface area (Å²) in [4.78, 5) is 0. The zero-order valence-corrected chi connectivity index (χ0v) is 20.2. The van der Waals surface area contributed by atoms with Gasteiger partial charge in [0.05, 0.1) is 17.6 Å². The van der Waals surface area contributed by atoms with Gasteiger partial charge in [-0.1, -0.05) is 60.0 Å². The lowest BCUT2D eigenvalue weighted by Gasteiger charge is -2.61. The fraction of sp³-hybridized carbons (Fsp3) is 0.893. The normalized spacial score (nSPS) is 46.4. The van der Waals surface area contributed by atoms with Gasteiger partial charge in [-0.25, -0.2) is 0 Å². The zero-order chi connectivity index (χ0) is 21.7. The molecule has 168 valence electrons. The number of fused-ring (bicyclic) bond motifs is 5. The van der Waals surface area contributed by atoms with Crippen LogP contribution in [0.2, 0.25) is 0 Å². The molecule has 8 atom stereocenters. The summed E-state index contributed by atoms with van der Waals surface area (Å²) in [6.45, 7) is 12.2. The van der Waals surface area contributed by atoms with Crippen LogP contribution in [0.4, 0.5) is 0 Å². The highest BCUT2D eigenvalue weighted by atomic mass is 16.3. The van der Waals surface area contributed by atoms with Gasteiger partial charge in [0.1, 0.15) is 0 Å². The molecule has 4 rings (SSSR count). The molecule has 2 nitrogen and oxygen atoms in total. The highest BCUT2D eigenvalue weighted by Crippen LogP contribution is 2.71. The van der Waals surface area contributed by atoms with E-state index in [9.17, 15) is 10.4 Å². The fourth-order valence-electron chi connectivity index (χ4n) is 8.76. The Hall–Kier alpha value is -0.810. The van der Waals surface area contributed by atoms with Crippen LogP contribution in [0.5, 0.6) is 0 Å². The summed E-state index contributed by atoms with van der Waals surface area (Å²) >= 11 is 0. The number of aliphatic hydroxyl groups excluding tert-OH is 1. The first-order chi connectivity index (χ1) is 14.2. The van der Waals surface area contributed by atoms with E-state index < -0.39 is 0 Å². The maximum atomic E-state index is 10.6. The van der Waals surface area contributed by atoms with Gasteiger partial charge in [0.2, 0.25) is 0 Å². The van der Waals surface area contributed by atoms with E-state index in [0.29, 0.717) is 17.3 Å². The molecule has 0 aromatic heterocycles. The minimum atomic E-state index is -0.282. The average Bonchev–Trinajstić information content (AvgIpc) is 3.05. The van der Waals surface area contributed by atoms with Gasteiger partial charge >= 0.3 is 0 Å². The number of nitriles is 1. The van der Waals surface area contributed by atoms with E-state index in [0.717, 1.165) is 49.9 Å². The molecule has 4 aliphatic rings. The first-order valence-electron chi connectivity index (χ1n) is 13.0. The van der Waals surface area contributed by atoms with Crippen LogP contribution in [-0.4, -0.2) is 11.2 Å². The molecular weight excluding hydrogens is 366 g/mol. The molecule has 0 aromatic rings. The molecule has 4 aliphatic carbocycles. The molecule has 2 heteroatoms. The molecule has 0 heterocycles. The lowest BCUT2D eigenvalue weighted by atomic mass is 9.41. The summed E-state index contributed by atoms with van der Waals surface area (Å²) in [5.41, 5.74) is 1.68. The van der Waals surface area contributed by atoms with E-state index >= 15 is 0 Å². The van der Waals surface area contributed by atoms with Crippen LogP contribution < -0.4 is 0 Å². The van der Waals surface area contributed by atoms with Gasteiger partial charge in [-0.3, -0.25) is 0 Å². The molecule has 0 spiro atoms. The van der Waals surface area contributed by atoms with Crippen molar-refractivity contribution in [3.63, 3.8) is 0 Å². The largest absolute Gasteiger partial charge is 0.393 e. The van der Waals surface area contributed by atoms with Crippen molar-refractivity contribution in [1.82, 2.24) is 0 Å². The summed E-state index contributed by atoms with van der Waals surface area (Å²) in [7, 11) is 0. The van der Waals surface area contributed by atoms with Crippen LogP contribution in [0.1, 0.15) is 105 Å². The van der Waals surface area contributed by atoms with Crippen molar-refractivity contribution in [2.24, 2.45) is 45.8 Å². The van der Waals surface area contributed by atoms with Crippen molar-refractivity contribution in [1.29, 1.82) is 5.26 Å². The number of hydrogen-bond donors (Lipinski definition) is 1. The number of rotatable bonds is 5. The number of aliphatic hydroxyl groups is 1. The van der Waals surface area contributed by atoms with Gasteiger partial charge in [0, 0.05) is 0 Å². The van der Waals surface area contributed by atoms with Crippen LogP contribution in [0, 0.1) is 57.2 Å². The first-order valence-corrected chi connectivity index (χ1v) is 13.0. The molecule has 0 amide bonds. The van der Waals surface area contributed by atoms with Crippen molar-refractivity contribution in [2.45, 2.75) is 111 Å². The van der Waals surface area contributed by atoms with Crippen molar-refractivity contribution < 1.29 is 5.11 Å². The van der Waals surface area contributed by atoms with Gasteiger partial charge in [0.15, 0.2) is 0 Å². The molecule has 0 saturated heterocycles. The molecule has 0 bridgehead atoms. The van der Waals surface area contributed by atoms with E-state index in [1.54, 1.807) is 0 Å². The standard InChI is InChI=1S/C28H45NO/c1-19(2)7-6-8-20(3)23-11-12-24-25-10-9-21-17-22(30)13-14-27(21,5)28(25,18-29)16-15-26(23,24)4/h10,19-24,30H,6-9,11-17H2,1-5H3/t20-,21?,22?,23-,24+,26-,27+,28-/m1/s1. The molecule has 30 heavy (non-hydrogen) atoms. The Balaban J connectivity index is 1.60. The van der Waals surface area contributed by atoms with Crippen LogP contribution in [0.15, 0.2) is 11.6 Å². The molecular formula is C28H45NO. The van der Waals surface area contributed by atoms with Crippen LogP contribution in [-0.2, 0) is 0 Å². The summed E-state index contributed by atoms with van der Waals surface area (Å²) in [5, 5.41) is 20.9. The molecule has 0 radical (unpaired) electrons. The number of nitrogens with zero attached hydrogens (tertiary/aromatic N) is 1. The Morgan fingerprint density at radius 1 is 1.10 bits per heavy atom. The second kappa shape index (κ2) is 7.95. The van der Waals surface area contributed by atoms with E-state index in [-0.39, 0.29) is 16.9 Å². The lowest BCUT2D eigenvalue weighted by molar-refractivity contribution is -0.0726. The molecule has 0 aliphatic heterocycles. The molecule has 3 saturated carbocycles. The molecule has 1 N–H and O–H groups in total. The third-order valence-corrected chi connectivity index (χ3v) is 10.7. The summed E-state index contributed by atoms with van der Waals surface area (Å²) in [5.74, 6) is 3.50. The predicted molar refractivity (Wildman–Crippen MR) is 124 cm³/mol. The van der Waals surface area contributed by atoms with E-state index in [2.05, 4.69) is 46.8 Å². The zero-order valence-electron chi connectivity index (χ0n) is 20.2. The Morgan fingerprint density at radius 3 is 2.57 bits per heavy atom. The van der Waals surface area contributed by atoms with E-state index in [1.807, 2.05) is 0 Å². The Labute approximate surface area is 185 Å². The van der Waals surface area contributed by atoms with Gasteiger partial charge in [-0.05, 0) is 97.4 Å². The Kier molecular flexibility index (Phi) is 5.93. The summed E-state index contributed by atoms with van der Waals surface area (Å²) < 4.78 is 0. The number of hydrogen-bond acceptors (Lipinski definition) is 2. The predicted octanol–water partition coefficient (Wildman–Crippen LogP) is 7.28. The van der Waals surface area contributed by atoms with E-state index in [4.69, 9.17) is 0 Å². The summed E-state index contributed by atoms with van der Waals surface area (Å²) in [6, 6.07) is 2.94. The van der Waals surface area contributed by atoms with Crippen molar-refractivity contribution in [3.05, 3.63) is 11.6 Å². The minimum absolute atomic E-state index is 0.0490. The van der Waals surface area contributed by atoms with Gasteiger partial charge in [-0.2, -0.15) is 5.26 Å². The van der Waals surface area contributed by atoms with E-state index in [1.165, 1.54) is 44.1 Å². The van der Waals surface area contributed by atoms with Gasteiger partial charge < -0.3 is 5.11 Å². The van der Waals surface area contributed by atoms with Gasteiger partial charge in [0.25, 0.3) is 0 Å². The Bertz CT molecular complexity index is 719. The summed E-state index contributed by atoms with van der Waals surface area (Å²) in [6.07, 6.45) is 15.2. The molecule has 0 aromatic carbocycles. The van der Waals surface area contributed by atoms with Crippen molar-refractivity contribution >= 4 is 0 Å². The van der Waals surface area contributed by atoms with Crippen molar-refractivity contribution in [2.75, 3.05) is 0 Å². The maximum absolute atomic E-state index is 10.6. The van der Waals surface area contributed by atoms with Crippen LogP contribution in [0.3, 0.4) is 0 Å². The SMILES string of the molecule is CC(C)CCC[C@@H](C)[C@H]1CC[C@H]2C3=CCC4CC(O)CC[C@]4(C)[C@@]3(C#N)CC[C@]12C. The highest BCUT2D eigenvalue weighted by Gasteiger charge is 2.65. The monoisotopic (exact) mass is 411 g/mol.